The Morgan fingerprint density at radius 1 is 0.909 bits per heavy atom. The maximum absolute atomic E-state index is 13.5. The van der Waals surface area contributed by atoms with Crippen LogP contribution in [0.3, 0.4) is 0 Å². The van der Waals surface area contributed by atoms with Crippen LogP contribution in [0.15, 0.2) is 17.3 Å². The standard InChI is InChI=1S/C12H2F6N4/c13-9-6(12(16,17)18)1-7(10(14)11(9)15)22-8(4-21)5(2-19)3-20/h1,22H. The van der Waals surface area contributed by atoms with E-state index in [4.69, 9.17) is 15.8 Å². The molecule has 0 saturated heterocycles. The average Bonchev–Trinajstić information content (AvgIpc) is 2.45. The van der Waals surface area contributed by atoms with Gasteiger partial charge >= 0.3 is 6.18 Å². The van der Waals surface area contributed by atoms with Crippen molar-refractivity contribution in [1.29, 1.82) is 15.8 Å². The maximum Gasteiger partial charge on any atom is 0.419 e. The Bertz CT molecular complexity index is 757. The monoisotopic (exact) mass is 316 g/mol. The van der Waals surface area contributed by atoms with E-state index in [2.05, 4.69) is 0 Å². The highest BCUT2D eigenvalue weighted by Gasteiger charge is 2.37. The predicted octanol–water partition coefficient (Wildman–Crippen LogP) is 3.36. The minimum absolute atomic E-state index is 0.114. The van der Waals surface area contributed by atoms with E-state index < -0.39 is 46.1 Å². The summed E-state index contributed by atoms with van der Waals surface area (Å²) in [5, 5.41) is 27.4. The Kier molecular flexibility index (Phi) is 4.65. The number of nitrogens with zero attached hydrogens (tertiary/aromatic N) is 3. The van der Waals surface area contributed by atoms with Crippen molar-refractivity contribution < 1.29 is 26.3 Å². The van der Waals surface area contributed by atoms with E-state index in [9.17, 15) is 26.3 Å². The van der Waals surface area contributed by atoms with Crippen molar-refractivity contribution >= 4 is 5.69 Å². The number of allylic oxidation sites excluding steroid dienone is 2. The van der Waals surface area contributed by atoms with Crippen LogP contribution in [0, 0.1) is 51.4 Å². The fourth-order valence-electron chi connectivity index (χ4n) is 1.32. The highest BCUT2D eigenvalue weighted by atomic mass is 19.4. The Balaban J connectivity index is 3.56. The van der Waals surface area contributed by atoms with Gasteiger partial charge in [-0.25, -0.2) is 13.2 Å². The molecule has 0 aromatic heterocycles. The zero-order chi connectivity index (χ0) is 17.1. The Labute approximate surface area is 119 Å². The number of hydrogen-bond acceptors (Lipinski definition) is 4. The Hall–Kier alpha value is -3.19. The molecule has 0 heterocycles. The number of nitrogens with one attached hydrogen (secondary N) is 1. The minimum Gasteiger partial charge on any atom is -0.343 e. The molecule has 112 valence electrons. The lowest BCUT2D eigenvalue weighted by Crippen LogP contribution is -2.13. The normalized spacial score (nSPS) is 10.1. The molecule has 0 fully saturated rings. The first-order chi connectivity index (χ1) is 10.2. The molecule has 4 nitrogen and oxygen atoms in total. The van der Waals surface area contributed by atoms with Crippen LogP contribution in [0.4, 0.5) is 32.0 Å². The first-order valence-corrected chi connectivity index (χ1v) is 5.13. The molecule has 0 saturated carbocycles. The number of halogens is 6. The van der Waals surface area contributed by atoms with Gasteiger partial charge in [0.15, 0.2) is 23.0 Å². The van der Waals surface area contributed by atoms with Crippen molar-refractivity contribution in [1.82, 2.24) is 0 Å². The zero-order valence-corrected chi connectivity index (χ0v) is 10.2. The first-order valence-electron chi connectivity index (χ1n) is 5.13. The van der Waals surface area contributed by atoms with Gasteiger partial charge in [0, 0.05) is 0 Å². The van der Waals surface area contributed by atoms with Crippen LogP contribution in [-0.4, -0.2) is 0 Å². The first kappa shape index (κ1) is 16.9. The van der Waals surface area contributed by atoms with E-state index in [0.29, 0.717) is 0 Å². The molecule has 1 N–H and O–H groups in total. The van der Waals surface area contributed by atoms with Gasteiger partial charge in [0.2, 0.25) is 0 Å². The molecular formula is C12H2F6N4. The summed E-state index contributed by atoms with van der Waals surface area (Å²) < 4.78 is 77.3. The minimum atomic E-state index is -5.32. The lowest BCUT2D eigenvalue weighted by Gasteiger charge is -2.13. The van der Waals surface area contributed by atoms with Gasteiger partial charge in [-0.2, -0.15) is 29.0 Å². The zero-order valence-electron chi connectivity index (χ0n) is 10.2. The topological polar surface area (TPSA) is 83.4 Å². The van der Waals surface area contributed by atoms with Crippen molar-refractivity contribution in [3.63, 3.8) is 0 Å². The van der Waals surface area contributed by atoms with Gasteiger partial charge < -0.3 is 5.32 Å². The van der Waals surface area contributed by atoms with Gasteiger partial charge in [-0.05, 0) is 6.07 Å². The van der Waals surface area contributed by atoms with Gasteiger partial charge in [-0.15, -0.1) is 0 Å². The molecule has 1 aromatic carbocycles. The molecule has 0 spiro atoms. The number of rotatable bonds is 2. The molecule has 0 radical (unpaired) electrons. The van der Waals surface area contributed by atoms with Crippen molar-refractivity contribution in [2.24, 2.45) is 0 Å². The second-order valence-electron chi connectivity index (χ2n) is 3.62. The number of nitriles is 3. The predicted molar refractivity (Wildman–Crippen MR) is 58.8 cm³/mol. The summed E-state index contributed by atoms with van der Waals surface area (Å²) in [5.74, 6) is -6.89. The van der Waals surface area contributed by atoms with Crippen molar-refractivity contribution in [2.75, 3.05) is 5.32 Å². The van der Waals surface area contributed by atoms with E-state index in [1.165, 1.54) is 18.2 Å². The molecule has 0 aliphatic rings. The average molecular weight is 316 g/mol. The van der Waals surface area contributed by atoms with E-state index in [0.717, 1.165) is 0 Å². The summed E-state index contributed by atoms with van der Waals surface area (Å²) in [7, 11) is 0. The van der Waals surface area contributed by atoms with Crippen LogP contribution < -0.4 is 5.32 Å². The molecule has 0 unspecified atom stereocenters. The third-order valence-electron chi connectivity index (χ3n) is 2.30. The third kappa shape index (κ3) is 3.10. The van der Waals surface area contributed by atoms with E-state index in [1.807, 2.05) is 0 Å². The molecule has 22 heavy (non-hydrogen) atoms. The molecule has 1 aromatic rings. The van der Waals surface area contributed by atoms with E-state index in [1.54, 1.807) is 5.32 Å². The molecule has 0 atom stereocenters. The molecule has 0 bridgehead atoms. The summed E-state index contributed by atoms with van der Waals surface area (Å²) in [6.07, 6.45) is -5.32. The number of hydrogen-bond donors (Lipinski definition) is 1. The van der Waals surface area contributed by atoms with Crippen LogP contribution in [0.1, 0.15) is 5.56 Å². The van der Waals surface area contributed by atoms with Gasteiger partial charge in [0.05, 0.1) is 11.3 Å². The van der Waals surface area contributed by atoms with Crippen molar-refractivity contribution in [2.45, 2.75) is 6.18 Å². The Morgan fingerprint density at radius 2 is 1.45 bits per heavy atom. The number of alkyl halides is 3. The van der Waals surface area contributed by atoms with Gasteiger partial charge in [0.25, 0.3) is 0 Å². The van der Waals surface area contributed by atoms with Gasteiger partial charge in [0.1, 0.15) is 23.9 Å². The second-order valence-corrected chi connectivity index (χ2v) is 3.62. The van der Waals surface area contributed by atoms with Gasteiger partial charge in [-0.3, -0.25) is 0 Å². The molecule has 0 amide bonds. The maximum atomic E-state index is 13.5. The van der Waals surface area contributed by atoms with Crippen LogP contribution in [0.5, 0.6) is 0 Å². The Morgan fingerprint density at radius 3 is 1.86 bits per heavy atom. The molecular weight excluding hydrogens is 314 g/mol. The lowest BCUT2D eigenvalue weighted by atomic mass is 10.1. The van der Waals surface area contributed by atoms with Crippen molar-refractivity contribution in [3.8, 4) is 18.2 Å². The second kappa shape index (κ2) is 6.06. The molecule has 0 aliphatic heterocycles. The fraction of sp³-hybridized carbons (Fsp3) is 0.0833. The van der Waals surface area contributed by atoms with Crippen LogP contribution in [-0.2, 0) is 6.18 Å². The van der Waals surface area contributed by atoms with Crippen LogP contribution in [0.2, 0.25) is 0 Å². The van der Waals surface area contributed by atoms with Crippen LogP contribution >= 0.6 is 0 Å². The fourth-order valence-corrected chi connectivity index (χ4v) is 1.32. The smallest absolute Gasteiger partial charge is 0.343 e. The van der Waals surface area contributed by atoms with Crippen molar-refractivity contribution in [3.05, 3.63) is 40.4 Å². The molecule has 10 heteroatoms. The summed E-state index contributed by atoms with van der Waals surface area (Å²) >= 11 is 0. The number of anilines is 1. The molecule has 0 aliphatic carbocycles. The quantitative estimate of drug-likeness (QED) is 0.515. The van der Waals surface area contributed by atoms with E-state index in [-0.39, 0.29) is 6.07 Å². The highest BCUT2D eigenvalue weighted by molar-refractivity contribution is 5.60. The van der Waals surface area contributed by atoms with Crippen LogP contribution in [0.25, 0.3) is 0 Å². The summed E-state index contributed by atoms with van der Waals surface area (Å²) in [6.45, 7) is 0. The lowest BCUT2D eigenvalue weighted by molar-refractivity contribution is -0.140. The van der Waals surface area contributed by atoms with E-state index >= 15 is 0 Å². The largest absolute Gasteiger partial charge is 0.419 e. The summed E-state index contributed by atoms with van der Waals surface area (Å²) in [4.78, 5) is 0. The summed E-state index contributed by atoms with van der Waals surface area (Å²) in [5.41, 5.74) is -5.14. The highest BCUT2D eigenvalue weighted by Crippen LogP contribution is 2.36. The third-order valence-corrected chi connectivity index (χ3v) is 2.30. The summed E-state index contributed by atoms with van der Waals surface area (Å²) in [6, 6.07) is 3.59. The SMILES string of the molecule is N#CC(C#N)=C(C#N)Nc1cc(C(F)(F)F)c(F)c(F)c1F. The van der Waals surface area contributed by atoms with Gasteiger partial charge in [-0.1, -0.05) is 0 Å². The number of benzene rings is 1. The molecule has 1 rings (SSSR count).